The summed E-state index contributed by atoms with van der Waals surface area (Å²) in [5.74, 6) is -0.361. The maximum Gasteiger partial charge on any atom is 0.255 e. The highest BCUT2D eigenvalue weighted by atomic mass is 35.5. The molecule has 0 aliphatic carbocycles. The third-order valence-electron chi connectivity index (χ3n) is 6.41. The number of anilines is 1. The van der Waals surface area contributed by atoms with Crippen molar-refractivity contribution in [3.05, 3.63) is 117 Å². The van der Waals surface area contributed by atoms with Gasteiger partial charge >= 0.3 is 0 Å². The van der Waals surface area contributed by atoms with E-state index in [1.54, 1.807) is 12.4 Å². The van der Waals surface area contributed by atoms with Gasteiger partial charge < -0.3 is 15.5 Å². The lowest BCUT2D eigenvalue weighted by molar-refractivity contribution is -0.120. The number of hydrogen-bond acceptors (Lipinski definition) is 6. The van der Waals surface area contributed by atoms with Crippen LogP contribution in [0.5, 0.6) is 0 Å². The van der Waals surface area contributed by atoms with Gasteiger partial charge in [-0.15, -0.1) is 0 Å². The van der Waals surface area contributed by atoms with Gasteiger partial charge in [-0.05, 0) is 66.3 Å². The number of amidine groups is 1. The molecular weight excluding hydrogens is 518 g/mol. The minimum absolute atomic E-state index is 0.123. The van der Waals surface area contributed by atoms with E-state index in [1.807, 2.05) is 84.8 Å². The highest BCUT2D eigenvalue weighted by Crippen LogP contribution is 2.45. The van der Waals surface area contributed by atoms with Crippen molar-refractivity contribution in [1.29, 1.82) is 0 Å². The maximum atomic E-state index is 13.8. The van der Waals surface area contributed by atoms with Crippen molar-refractivity contribution >= 4 is 46.0 Å². The van der Waals surface area contributed by atoms with Crippen molar-refractivity contribution in [1.82, 2.24) is 15.2 Å². The van der Waals surface area contributed by atoms with Crippen LogP contribution >= 0.6 is 23.4 Å². The fraction of sp³-hybridized carbons (Fsp3) is 0.172. The zero-order chi connectivity index (χ0) is 26.6. The van der Waals surface area contributed by atoms with Gasteiger partial charge in [-0.1, -0.05) is 53.7 Å². The van der Waals surface area contributed by atoms with E-state index in [2.05, 4.69) is 15.6 Å². The summed E-state index contributed by atoms with van der Waals surface area (Å²) in [6, 6.07) is 18.3. The van der Waals surface area contributed by atoms with Crippen LogP contribution in [0.2, 0.25) is 5.02 Å². The number of aryl methyl sites for hydroxylation is 1. The standard InChI is InChI=1S/C29H26ClN5O2S/c1-18-5-3-4-6-24(18)34-28(37)26-19(2)33-29-35(27(26)21-7-9-22(30)10-8-21)23(17-38-29)15-25(36)32-16-20-11-13-31-14-12-20/h3-14,17,27H,15-16H2,1-2H3,(H,32,36)(H,34,37). The van der Waals surface area contributed by atoms with Crippen LogP contribution in [-0.2, 0) is 16.1 Å². The number of nitrogens with one attached hydrogen (secondary N) is 2. The predicted molar refractivity (Wildman–Crippen MR) is 152 cm³/mol. The normalized spacial score (nSPS) is 16.5. The zero-order valence-electron chi connectivity index (χ0n) is 20.9. The number of thioether (sulfide) groups is 1. The van der Waals surface area contributed by atoms with E-state index in [-0.39, 0.29) is 18.2 Å². The third kappa shape index (κ3) is 5.51. The smallest absolute Gasteiger partial charge is 0.255 e. The average molecular weight is 544 g/mol. The Morgan fingerprint density at radius 2 is 1.76 bits per heavy atom. The van der Waals surface area contributed by atoms with Gasteiger partial charge in [-0.2, -0.15) is 0 Å². The van der Waals surface area contributed by atoms with Crippen molar-refractivity contribution in [2.45, 2.75) is 32.9 Å². The molecular formula is C29H26ClN5O2S. The van der Waals surface area contributed by atoms with Crippen LogP contribution in [0.3, 0.4) is 0 Å². The van der Waals surface area contributed by atoms with Crippen LogP contribution < -0.4 is 10.6 Å². The second-order valence-corrected chi connectivity index (χ2v) is 10.3. The number of pyridine rings is 1. The summed E-state index contributed by atoms with van der Waals surface area (Å²) in [7, 11) is 0. The summed E-state index contributed by atoms with van der Waals surface area (Å²) in [6.45, 7) is 4.21. The average Bonchev–Trinajstić information content (AvgIpc) is 3.30. The van der Waals surface area contributed by atoms with Crippen LogP contribution in [0, 0.1) is 6.92 Å². The Morgan fingerprint density at radius 1 is 1.03 bits per heavy atom. The monoisotopic (exact) mass is 543 g/mol. The van der Waals surface area contributed by atoms with Gasteiger partial charge in [0.15, 0.2) is 5.17 Å². The number of amides is 2. The molecule has 1 atom stereocenters. The lowest BCUT2D eigenvalue weighted by atomic mass is 9.93. The molecule has 0 saturated heterocycles. The van der Waals surface area contributed by atoms with Crippen molar-refractivity contribution in [2.24, 2.45) is 4.99 Å². The SMILES string of the molecule is CC1=C(C(=O)Nc2ccccc2C)C(c2ccc(Cl)cc2)N2C(CC(=O)NCc3ccncc3)=CSC2=N1. The Morgan fingerprint density at radius 3 is 2.50 bits per heavy atom. The molecule has 0 fully saturated rings. The highest BCUT2D eigenvalue weighted by Gasteiger charge is 2.40. The first-order chi connectivity index (χ1) is 18.4. The Bertz CT molecular complexity index is 1470. The van der Waals surface area contributed by atoms with Gasteiger partial charge in [-0.25, -0.2) is 4.99 Å². The molecule has 2 amide bonds. The van der Waals surface area contributed by atoms with Crippen LogP contribution in [0.1, 0.15) is 36.1 Å². The summed E-state index contributed by atoms with van der Waals surface area (Å²) in [6.07, 6.45) is 3.54. The van der Waals surface area contributed by atoms with Crippen LogP contribution in [0.15, 0.2) is 100 Å². The van der Waals surface area contributed by atoms with Crippen LogP contribution in [-0.4, -0.2) is 26.9 Å². The van der Waals surface area contributed by atoms with Gasteiger partial charge in [0.2, 0.25) is 5.91 Å². The van der Waals surface area contributed by atoms with Crippen LogP contribution in [0.4, 0.5) is 5.69 Å². The van der Waals surface area contributed by atoms with Gasteiger partial charge in [0, 0.05) is 35.3 Å². The Kier molecular flexibility index (Phi) is 7.62. The molecule has 2 aliphatic rings. The molecule has 3 aromatic rings. The van der Waals surface area contributed by atoms with E-state index in [0.29, 0.717) is 22.8 Å². The van der Waals surface area contributed by atoms with E-state index in [1.165, 1.54) is 11.8 Å². The molecule has 0 bridgehead atoms. The second kappa shape index (κ2) is 11.2. The summed E-state index contributed by atoms with van der Waals surface area (Å²) in [4.78, 5) is 37.5. The number of aromatic nitrogens is 1. The number of rotatable bonds is 7. The molecule has 9 heteroatoms. The highest BCUT2D eigenvalue weighted by molar-refractivity contribution is 8.16. The summed E-state index contributed by atoms with van der Waals surface area (Å²) in [5.41, 5.74) is 5.47. The van der Waals surface area contributed by atoms with Crippen molar-refractivity contribution in [3.8, 4) is 0 Å². The largest absolute Gasteiger partial charge is 0.352 e. The van der Waals surface area contributed by atoms with Gasteiger partial charge in [-0.3, -0.25) is 14.6 Å². The Labute approximate surface area is 230 Å². The maximum absolute atomic E-state index is 13.8. The molecule has 2 aliphatic heterocycles. The number of para-hydroxylation sites is 1. The number of nitrogens with zero attached hydrogens (tertiary/aromatic N) is 3. The number of halogens is 1. The first kappa shape index (κ1) is 25.8. The van der Waals surface area contributed by atoms with Gasteiger partial charge in [0.05, 0.1) is 23.7 Å². The zero-order valence-corrected chi connectivity index (χ0v) is 22.5. The van der Waals surface area contributed by atoms with Gasteiger partial charge in [0.1, 0.15) is 0 Å². The Hall–Kier alpha value is -3.88. The van der Waals surface area contributed by atoms with E-state index >= 15 is 0 Å². The lowest BCUT2D eigenvalue weighted by Gasteiger charge is -2.36. The predicted octanol–water partition coefficient (Wildman–Crippen LogP) is 5.96. The van der Waals surface area contributed by atoms with E-state index in [9.17, 15) is 9.59 Å². The number of hydrogen-bond donors (Lipinski definition) is 2. The fourth-order valence-corrected chi connectivity index (χ4v) is 5.54. The molecule has 2 N–H and O–H groups in total. The summed E-state index contributed by atoms with van der Waals surface area (Å²) in [5, 5.41) is 9.31. The second-order valence-electron chi connectivity index (χ2n) is 9.02. The first-order valence-electron chi connectivity index (χ1n) is 12.1. The number of carbonyl (C=O) groups excluding carboxylic acids is 2. The third-order valence-corrected chi connectivity index (χ3v) is 7.55. The topological polar surface area (TPSA) is 86.7 Å². The van der Waals surface area contributed by atoms with Crippen molar-refractivity contribution in [2.75, 3.05) is 5.32 Å². The quantitative estimate of drug-likeness (QED) is 0.384. The minimum Gasteiger partial charge on any atom is -0.352 e. The molecule has 1 aromatic heterocycles. The minimum atomic E-state index is -0.474. The molecule has 0 spiro atoms. The Balaban J connectivity index is 1.44. The molecule has 1 unspecified atom stereocenters. The summed E-state index contributed by atoms with van der Waals surface area (Å²) < 4.78 is 0. The molecule has 0 radical (unpaired) electrons. The number of carbonyl (C=O) groups is 2. The number of benzene rings is 2. The van der Waals surface area contributed by atoms with Gasteiger partial charge in [0.25, 0.3) is 5.91 Å². The number of aliphatic imine (C=N–C) groups is 1. The van der Waals surface area contributed by atoms with E-state index in [4.69, 9.17) is 16.6 Å². The number of allylic oxidation sites excluding steroid dienone is 1. The molecule has 7 nitrogen and oxygen atoms in total. The van der Waals surface area contributed by atoms with Crippen molar-refractivity contribution in [3.63, 3.8) is 0 Å². The fourth-order valence-electron chi connectivity index (χ4n) is 4.45. The molecule has 38 heavy (non-hydrogen) atoms. The van der Waals surface area contributed by atoms with Crippen molar-refractivity contribution < 1.29 is 9.59 Å². The van der Waals surface area contributed by atoms with E-state index < -0.39 is 6.04 Å². The molecule has 2 aromatic carbocycles. The van der Waals surface area contributed by atoms with Crippen LogP contribution in [0.25, 0.3) is 0 Å². The number of fused-ring (bicyclic) bond motifs is 1. The summed E-state index contributed by atoms with van der Waals surface area (Å²) >= 11 is 7.65. The van der Waals surface area contributed by atoms with E-state index in [0.717, 1.165) is 33.2 Å². The molecule has 192 valence electrons. The molecule has 3 heterocycles. The first-order valence-corrected chi connectivity index (χ1v) is 13.4. The lowest BCUT2D eigenvalue weighted by Crippen LogP contribution is -2.38. The molecule has 0 saturated carbocycles. The molecule has 5 rings (SSSR count).